The Labute approximate surface area is 124 Å². The third kappa shape index (κ3) is 3.32. The molecule has 110 valence electrons. The van der Waals surface area contributed by atoms with Crippen molar-refractivity contribution in [1.29, 1.82) is 0 Å². The number of methoxy groups -OCH3 is 1. The Kier molecular flexibility index (Phi) is 4.27. The summed E-state index contributed by atoms with van der Waals surface area (Å²) in [5.41, 5.74) is -0.459. The maximum absolute atomic E-state index is 12.1. The summed E-state index contributed by atoms with van der Waals surface area (Å²) in [6, 6.07) is 0. The fourth-order valence-electron chi connectivity index (χ4n) is 2.64. The topological polar surface area (TPSA) is 55.8 Å². The molecule has 2 aliphatic rings. The second kappa shape index (κ2) is 5.46. The summed E-state index contributed by atoms with van der Waals surface area (Å²) in [6.07, 6.45) is 1.83. The second-order valence-electron chi connectivity index (χ2n) is 6.03. The van der Waals surface area contributed by atoms with Gasteiger partial charge in [0.25, 0.3) is 0 Å². The van der Waals surface area contributed by atoms with Gasteiger partial charge in [0.05, 0.1) is 0 Å². The normalized spacial score (nSPS) is 30.5. The number of alkyl halides is 1. The van der Waals surface area contributed by atoms with Gasteiger partial charge in [-0.05, 0) is 0 Å². The molecule has 0 spiro atoms. The molecule has 0 N–H and O–H groups in total. The summed E-state index contributed by atoms with van der Waals surface area (Å²) >= 11 is -0.492. The number of halogens is 1. The average molecular weight is 382 g/mol. The van der Waals surface area contributed by atoms with Crippen LogP contribution >= 0.6 is 0 Å². The van der Waals surface area contributed by atoms with Crippen LogP contribution in [0.3, 0.4) is 0 Å². The van der Waals surface area contributed by atoms with Gasteiger partial charge in [-0.15, -0.1) is 0 Å². The zero-order valence-corrected chi connectivity index (χ0v) is 14.0. The second-order valence-corrected chi connectivity index (χ2v) is 9.35. The van der Waals surface area contributed by atoms with Crippen LogP contribution in [0.15, 0.2) is 0 Å². The molecule has 1 aliphatic heterocycles. The number of carbonyl (C=O) groups excluding carboxylic acids is 2. The van der Waals surface area contributed by atoms with E-state index in [9.17, 15) is 9.59 Å². The first-order valence-electron chi connectivity index (χ1n) is 6.54. The first-order valence-corrected chi connectivity index (χ1v) is 8.75. The first-order chi connectivity index (χ1) is 8.81. The molecule has 1 saturated heterocycles. The minimum atomic E-state index is -0.492. The molecule has 2 bridgehead atoms. The van der Waals surface area contributed by atoms with Crippen LogP contribution in [-0.4, -0.2) is 38.4 Å². The van der Waals surface area contributed by atoms with Gasteiger partial charge in [0, 0.05) is 0 Å². The number of ether oxygens (including phenoxy) is 2. The molecule has 1 heterocycles. The molecule has 5 nitrogen and oxygen atoms in total. The number of rotatable bonds is 1. The van der Waals surface area contributed by atoms with E-state index in [0.717, 1.165) is 12.8 Å². The van der Waals surface area contributed by atoms with Gasteiger partial charge in [-0.1, -0.05) is 0 Å². The third-order valence-electron chi connectivity index (χ3n) is 3.41. The number of amides is 1. The summed E-state index contributed by atoms with van der Waals surface area (Å²) in [5.74, 6) is 0.158. The van der Waals surface area contributed by atoms with Crippen LogP contribution in [0.1, 0.15) is 33.6 Å². The minimum absolute atomic E-state index is 0.0106. The predicted molar refractivity (Wildman–Crippen MR) is 65.0 cm³/mol. The Morgan fingerprint density at radius 2 is 1.95 bits per heavy atom. The molecule has 6 heteroatoms. The number of nitrogens with zero attached hydrogens (tertiary/aromatic N) is 1. The van der Waals surface area contributed by atoms with Crippen LogP contribution in [0, 0.1) is 11.8 Å². The third-order valence-corrected chi connectivity index (χ3v) is 6.99. The van der Waals surface area contributed by atoms with Crippen molar-refractivity contribution >= 4 is 12.1 Å². The molecule has 19 heavy (non-hydrogen) atoms. The molecule has 0 radical (unpaired) electrons. The van der Waals surface area contributed by atoms with Gasteiger partial charge in [0.1, 0.15) is 0 Å². The number of fused-ring (bicyclic) bond motifs is 2. The molecule has 0 aromatic heterocycles. The molecule has 2 fully saturated rings. The summed E-state index contributed by atoms with van der Waals surface area (Å²) in [6.45, 7) is 6.27. The van der Waals surface area contributed by atoms with E-state index in [1.807, 2.05) is 23.9 Å². The van der Waals surface area contributed by atoms with Crippen LogP contribution in [0.5, 0.6) is 0 Å². The fourth-order valence-corrected chi connectivity index (χ4v) is 6.43. The molecule has 1 saturated carbocycles. The molecule has 2 rings (SSSR count). The van der Waals surface area contributed by atoms with Crippen molar-refractivity contribution < 1.29 is 40.5 Å². The van der Waals surface area contributed by atoms with Gasteiger partial charge >= 0.3 is 124 Å². The zero-order chi connectivity index (χ0) is 14.2. The maximum atomic E-state index is 12.1. The fraction of sp³-hybridized carbons (Fsp3) is 0.846. The molecule has 3 atom stereocenters. The Balaban J connectivity index is 2.00. The molecule has 3 unspecified atom stereocenters. The van der Waals surface area contributed by atoms with E-state index in [1.54, 1.807) is 0 Å². The van der Waals surface area contributed by atoms with Gasteiger partial charge in [-0.3, -0.25) is 0 Å². The summed E-state index contributed by atoms with van der Waals surface area (Å²) < 4.78 is 12.5. The van der Waals surface area contributed by atoms with E-state index < -0.39 is 27.1 Å². The van der Waals surface area contributed by atoms with Crippen LogP contribution in [0.4, 0.5) is 4.79 Å². The van der Waals surface area contributed by atoms with Gasteiger partial charge in [-0.25, -0.2) is 0 Å². The van der Waals surface area contributed by atoms with Crippen molar-refractivity contribution in [2.75, 3.05) is 13.7 Å². The molecule has 0 aromatic rings. The number of carbonyl (C=O) groups is 2. The SMILES string of the molecule is COC(=O)C1C2CCC1[I-]N(C(=O)OC(C)(C)C)C2. The van der Waals surface area contributed by atoms with Gasteiger partial charge in [-0.2, -0.15) is 0 Å². The molecular formula is C13H21INO4-. The van der Waals surface area contributed by atoms with Crippen molar-refractivity contribution in [1.82, 2.24) is 3.11 Å². The van der Waals surface area contributed by atoms with Crippen LogP contribution < -0.4 is 21.5 Å². The van der Waals surface area contributed by atoms with E-state index in [2.05, 4.69) is 0 Å². The van der Waals surface area contributed by atoms with Crippen LogP contribution in [0.25, 0.3) is 0 Å². The number of hydrogen-bond donors (Lipinski definition) is 0. The Morgan fingerprint density at radius 1 is 1.26 bits per heavy atom. The van der Waals surface area contributed by atoms with E-state index in [0.29, 0.717) is 10.5 Å². The summed E-state index contributed by atoms with van der Waals surface area (Å²) in [5, 5.41) is 0. The molecule has 0 aromatic carbocycles. The van der Waals surface area contributed by atoms with Gasteiger partial charge in [0.15, 0.2) is 0 Å². The molecule has 1 aliphatic carbocycles. The van der Waals surface area contributed by atoms with Gasteiger partial charge < -0.3 is 0 Å². The number of esters is 1. The van der Waals surface area contributed by atoms with Crippen molar-refractivity contribution in [3.63, 3.8) is 0 Å². The Hall–Kier alpha value is -0.530. The molecular weight excluding hydrogens is 361 g/mol. The van der Waals surface area contributed by atoms with E-state index >= 15 is 0 Å². The zero-order valence-electron chi connectivity index (χ0n) is 11.8. The van der Waals surface area contributed by atoms with E-state index in [1.165, 1.54) is 7.11 Å². The van der Waals surface area contributed by atoms with E-state index in [4.69, 9.17) is 9.47 Å². The van der Waals surface area contributed by atoms with Crippen LogP contribution in [0.2, 0.25) is 0 Å². The molecule has 1 amide bonds. The standard InChI is InChI=1S/C13H21INO4/c1-13(2,3)19-12(17)15-7-8-5-6-9(14-15)10(8)11(16)18-4/h8-10H,5-7H2,1-4H3/q-1. The Bertz CT molecular complexity index is 365. The van der Waals surface area contributed by atoms with E-state index in [-0.39, 0.29) is 23.9 Å². The first kappa shape index (κ1) is 14.9. The quantitative estimate of drug-likeness (QED) is 0.248. The van der Waals surface area contributed by atoms with Crippen molar-refractivity contribution in [3.8, 4) is 0 Å². The van der Waals surface area contributed by atoms with Crippen molar-refractivity contribution in [2.45, 2.75) is 43.1 Å². The van der Waals surface area contributed by atoms with Crippen molar-refractivity contribution in [3.05, 3.63) is 0 Å². The average Bonchev–Trinajstić information content (AvgIpc) is 2.56. The number of hydrogen-bond acceptors (Lipinski definition) is 4. The Morgan fingerprint density at radius 3 is 2.47 bits per heavy atom. The summed E-state index contributed by atoms with van der Waals surface area (Å²) in [4.78, 5) is 23.9. The monoisotopic (exact) mass is 382 g/mol. The predicted octanol–water partition coefficient (Wildman–Crippen LogP) is -1.19. The summed E-state index contributed by atoms with van der Waals surface area (Å²) in [7, 11) is 1.44. The van der Waals surface area contributed by atoms with Crippen molar-refractivity contribution in [2.24, 2.45) is 11.8 Å². The van der Waals surface area contributed by atoms with Crippen LogP contribution in [-0.2, 0) is 14.3 Å². The van der Waals surface area contributed by atoms with Gasteiger partial charge in [0.2, 0.25) is 0 Å².